The summed E-state index contributed by atoms with van der Waals surface area (Å²) in [6.07, 6.45) is -2.33. The van der Waals surface area contributed by atoms with Crippen LogP contribution in [0.3, 0.4) is 0 Å². The topological polar surface area (TPSA) is 67.1 Å². The normalized spacial score (nSPS) is 14.5. The van der Waals surface area contributed by atoms with Crippen LogP contribution in [-0.2, 0) is 32.2 Å². The van der Waals surface area contributed by atoms with E-state index in [1.807, 2.05) is 0 Å². The van der Waals surface area contributed by atoms with Crippen molar-refractivity contribution in [3.63, 3.8) is 0 Å². The van der Waals surface area contributed by atoms with Gasteiger partial charge in [0.2, 0.25) is 0 Å². The van der Waals surface area contributed by atoms with Crippen molar-refractivity contribution in [1.82, 2.24) is 25.4 Å². The van der Waals surface area contributed by atoms with Crippen LogP contribution in [0.15, 0.2) is 29.3 Å². The summed E-state index contributed by atoms with van der Waals surface area (Å²) >= 11 is 0. The Balaban J connectivity index is 1.56. The second-order valence-corrected chi connectivity index (χ2v) is 5.77. The maximum atomic E-state index is 12.7. The van der Waals surface area contributed by atoms with E-state index in [0.29, 0.717) is 18.1 Å². The molecule has 0 saturated carbocycles. The average Bonchev–Trinajstić information content (AvgIpc) is 3.19. The van der Waals surface area contributed by atoms with Gasteiger partial charge in [0.1, 0.15) is 5.82 Å². The average molecular weight is 352 g/mol. The van der Waals surface area contributed by atoms with E-state index in [9.17, 15) is 13.2 Å². The standard InChI is InChI=1S/C16H19F3N6/c1-20-15(22-10-14-24-23-13-6-3-7-25(13)14)21-9-11-4-2-5-12(8-11)16(17,18)19/h2,4-5,8H,3,6-7,9-10H2,1H3,(H2,20,21,22). The summed E-state index contributed by atoms with van der Waals surface area (Å²) < 4.78 is 40.3. The van der Waals surface area contributed by atoms with E-state index in [2.05, 4.69) is 30.4 Å². The number of rotatable bonds is 4. The van der Waals surface area contributed by atoms with Gasteiger partial charge >= 0.3 is 6.18 Å². The lowest BCUT2D eigenvalue weighted by molar-refractivity contribution is -0.137. The van der Waals surface area contributed by atoms with E-state index in [1.54, 1.807) is 13.1 Å². The first-order valence-electron chi connectivity index (χ1n) is 7.99. The molecular formula is C16H19F3N6. The van der Waals surface area contributed by atoms with Crippen LogP contribution in [0.25, 0.3) is 0 Å². The zero-order valence-corrected chi connectivity index (χ0v) is 13.8. The number of benzene rings is 1. The predicted octanol–water partition coefficient (Wildman–Crippen LogP) is 2.11. The highest BCUT2D eigenvalue weighted by atomic mass is 19.4. The SMILES string of the molecule is CN=C(NCc1cccc(C(F)(F)F)c1)NCc1nnc2n1CCC2. The number of guanidine groups is 1. The van der Waals surface area contributed by atoms with Crippen LogP contribution in [0.5, 0.6) is 0 Å². The van der Waals surface area contributed by atoms with Crippen LogP contribution >= 0.6 is 0 Å². The molecule has 25 heavy (non-hydrogen) atoms. The number of nitrogens with zero attached hydrogens (tertiary/aromatic N) is 4. The van der Waals surface area contributed by atoms with E-state index in [-0.39, 0.29) is 6.54 Å². The summed E-state index contributed by atoms with van der Waals surface area (Å²) in [4.78, 5) is 4.08. The summed E-state index contributed by atoms with van der Waals surface area (Å²) in [5.41, 5.74) is -0.130. The Morgan fingerprint density at radius 1 is 1.24 bits per heavy atom. The Hall–Kier alpha value is -2.58. The van der Waals surface area contributed by atoms with Crippen LogP contribution in [0, 0.1) is 0 Å². The number of nitrogens with one attached hydrogen (secondary N) is 2. The van der Waals surface area contributed by atoms with Crippen molar-refractivity contribution in [2.75, 3.05) is 7.05 Å². The van der Waals surface area contributed by atoms with Crippen molar-refractivity contribution < 1.29 is 13.2 Å². The smallest absolute Gasteiger partial charge is 0.352 e. The summed E-state index contributed by atoms with van der Waals surface area (Å²) in [5.74, 6) is 2.31. The fraction of sp³-hybridized carbons (Fsp3) is 0.438. The van der Waals surface area contributed by atoms with E-state index in [1.165, 1.54) is 6.07 Å². The number of hydrogen-bond donors (Lipinski definition) is 2. The quantitative estimate of drug-likeness (QED) is 0.653. The Kier molecular flexibility index (Phi) is 4.91. The maximum Gasteiger partial charge on any atom is 0.416 e. The van der Waals surface area contributed by atoms with Crippen molar-refractivity contribution in [2.24, 2.45) is 4.99 Å². The third-order valence-electron chi connectivity index (χ3n) is 4.04. The Morgan fingerprint density at radius 3 is 2.80 bits per heavy atom. The number of hydrogen-bond acceptors (Lipinski definition) is 3. The van der Waals surface area contributed by atoms with Gasteiger partial charge in [0, 0.05) is 26.6 Å². The van der Waals surface area contributed by atoms with E-state index in [0.717, 1.165) is 43.2 Å². The fourth-order valence-electron chi connectivity index (χ4n) is 2.77. The lowest BCUT2D eigenvalue weighted by Gasteiger charge is -2.13. The Labute approximate surface area is 143 Å². The van der Waals surface area contributed by atoms with Gasteiger partial charge in [-0.15, -0.1) is 10.2 Å². The molecule has 1 aliphatic heterocycles. The predicted molar refractivity (Wildman–Crippen MR) is 86.8 cm³/mol. The number of halogens is 3. The molecule has 0 bridgehead atoms. The van der Waals surface area contributed by atoms with Gasteiger partial charge in [0.25, 0.3) is 0 Å². The van der Waals surface area contributed by atoms with Gasteiger partial charge in [-0.2, -0.15) is 13.2 Å². The van der Waals surface area contributed by atoms with E-state index in [4.69, 9.17) is 0 Å². The van der Waals surface area contributed by atoms with Crippen LogP contribution in [0.1, 0.15) is 29.2 Å². The lowest BCUT2D eigenvalue weighted by atomic mass is 10.1. The number of aliphatic imine (C=N–C) groups is 1. The molecule has 0 spiro atoms. The van der Waals surface area contributed by atoms with Crippen molar-refractivity contribution in [2.45, 2.75) is 38.7 Å². The molecule has 3 rings (SSSR count). The highest BCUT2D eigenvalue weighted by Crippen LogP contribution is 2.29. The van der Waals surface area contributed by atoms with Gasteiger partial charge in [0.05, 0.1) is 12.1 Å². The highest BCUT2D eigenvalue weighted by Gasteiger charge is 2.30. The molecule has 1 aliphatic rings. The summed E-state index contributed by atoms with van der Waals surface area (Å²) in [7, 11) is 1.61. The van der Waals surface area contributed by atoms with Gasteiger partial charge in [-0.3, -0.25) is 4.99 Å². The first kappa shape index (κ1) is 17.2. The molecule has 6 nitrogen and oxygen atoms in total. The van der Waals surface area contributed by atoms with Crippen LogP contribution < -0.4 is 10.6 Å². The number of aromatic nitrogens is 3. The molecule has 2 aromatic rings. The van der Waals surface area contributed by atoms with Crippen LogP contribution in [0.2, 0.25) is 0 Å². The van der Waals surface area contributed by atoms with E-state index >= 15 is 0 Å². The summed E-state index contributed by atoms with van der Waals surface area (Å²) in [6, 6.07) is 5.23. The summed E-state index contributed by atoms with van der Waals surface area (Å²) in [5, 5.41) is 14.4. The summed E-state index contributed by atoms with van der Waals surface area (Å²) in [6.45, 7) is 1.60. The van der Waals surface area contributed by atoms with Crippen molar-refractivity contribution in [1.29, 1.82) is 0 Å². The molecule has 134 valence electrons. The Morgan fingerprint density at radius 2 is 2.04 bits per heavy atom. The first-order valence-corrected chi connectivity index (χ1v) is 7.99. The molecule has 1 aromatic heterocycles. The van der Waals surface area contributed by atoms with Gasteiger partial charge in [-0.25, -0.2) is 0 Å². The minimum atomic E-state index is -4.34. The van der Waals surface area contributed by atoms with Gasteiger partial charge in [0.15, 0.2) is 11.8 Å². The van der Waals surface area contributed by atoms with Crippen molar-refractivity contribution in [3.8, 4) is 0 Å². The molecule has 9 heteroatoms. The lowest BCUT2D eigenvalue weighted by Crippen LogP contribution is -2.37. The van der Waals surface area contributed by atoms with Crippen LogP contribution in [0.4, 0.5) is 13.2 Å². The molecule has 0 unspecified atom stereocenters. The molecule has 0 amide bonds. The van der Waals surface area contributed by atoms with Crippen molar-refractivity contribution in [3.05, 3.63) is 47.0 Å². The molecule has 2 heterocycles. The molecule has 2 N–H and O–H groups in total. The van der Waals surface area contributed by atoms with Gasteiger partial charge < -0.3 is 15.2 Å². The molecule has 0 aliphatic carbocycles. The molecule has 0 atom stereocenters. The number of fused-ring (bicyclic) bond motifs is 1. The number of aryl methyl sites for hydroxylation is 1. The van der Waals surface area contributed by atoms with Gasteiger partial charge in [-0.05, 0) is 24.1 Å². The van der Waals surface area contributed by atoms with Crippen LogP contribution in [-0.4, -0.2) is 27.8 Å². The highest BCUT2D eigenvalue weighted by molar-refractivity contribution is 5.79. The zero-order chi connectivity index (χ0) is 17.9. The minimum Gasteiger partial charge on any atom is -0.352 e. The maximum absolute atomic E-state index is 12.7. The monoisotopic (exact) mass is 352 g/mol. The van der Waals surface area contributed by atoms with Gasteiger partial charge in [-0.1, -0.05) is 12.1 Å². The van der Waals surface area contributed by atoms with Crippen molar-refractivity contribution >= 4 is 5.96 Å². The molecule has 0 fully saturated rings. The molecule has 0 saturated heterocycles. The third-order valence-corrected chi connectivity index (χ3v) is 4.04. The third kappa shape index (κ3) is 4.09. The second kappa shape index (κ2) is 7.12. The molecular weight excluding hydrogens is 333 g/mol. The Bertz CT molecular complexity index is 765. The molecule has 0 radical (unpaired) electrons. The largest absolute Gasteiger partial charge is 0.416 e. The zero-order valence-electron chi connectivity index (χ0n) is 13.8. The molecule has 1 aromatic carbocycles. The first-order chi connectivity index (χ1) is 12.0. The van der Waals surface area contributed by atoms with E-state index < -0.39 is 11.7 Å². The second-order valence-electron chi connectivity index (χ2n) is 5.77. The minimum absolute atomic E-state index is 0.238. The fourth-order valence-corrected chi connectivity index (χ4v) is 2.77. The number of alkyl halides is 3.